The summed E-state index contributed by atoms with van der Waals surface area (Å²) in [4.78, 5) is 0. The molecule has 0 saturated heterocycles. The molecule has 25 heavy (non-hydrogen) atoms. The maximum absolute atomic E-state index is 12.5. The van der Waals surface area contributed by atoms with Crippen molar-refractivity contribution < 1.29 is 18.3 Å². The predicted molar refractivity (Wildman–Crippen MR) is 97.4 cm³/mol. The first-order valence-electron chi connectivity index (χ1n) is 6.98. The van der Waals surface area contributed by atoms with Crippen LogP contribution in [0.5, 0.6) is 5.75 Å². The van der Waals surface area contributed by atoms with Gasteiger partial charge in [-0.15, -0.1) is 0 Å². The lowest BCUT2D eigenvalue weighted by molar-refractivity contribution is -0.137. The van der Waals surface area contributed by atoms with Crippen LogP contribution >= 0.6 is 35.4 Å². The van der Waals surface area contributed by atoms with Gasteiger partial charge in [0.15, 0.2) is 10.9 Å². The number of hydrogen-bond acceptors (Lipinski definition) is 2. The Kier molecular flexibility index (Phi) is 6.03. The van der Waals surface area contributed by atoms with Crippen molar-refractivity contribution in [1.82, 2.24) is 5.32 Å². The van der Waals surface area contributed by atoms with E-state index >= 15 is 0 Å². The molecule has 3 nitrogen and oxygen atoms in total. The van der Waals surface area contributed by atoms with Crippen molar-refractivity contribution in [2.24, 2.45) is 0 Å². The molecule has 2 aromatic rings. The zero-order valence-corrected chi connectivity index (χ0v) is 15.2. The summed E-state index contributed by atoms with van der Waals surface area (Å²) in [6.07, 6.45) is -4.37. The molecule has 0 amide bonds. The van der Waals surface area contributed by atoms with Crippen LogP contribution in [0.3, 0.4) is 0 Å². The van der Waals surface area contributed by atoms with Crippen molar-refractivity contribution in [1.29, 1.82) is 0 Å². The SMILES string of the molecule is Cc1c(Cl)cc(NC(=S)NCc2ccc(C(F)(F)F)cc2)c(O)c1Cl. The number of phenolic OH excluding ortho intramolecular Hbond substituents is 1. The normalized spacial score (nSPS) is 11.3. The fraction of sp³-hybridized carbons (Fsp3) is 0.188. The molecule has 134 valence electrons. The van der Waals surface area contributed by atoms with Crippen LogP contribution in [-0.2, 0) is 12.7 Å². The summed E-state index contributed by atoms with van der Waals surface area (Å²) in [6, 6.07) is 6.19. The topological polar surface area (TPSA) is 44.3 Å². The Morgan fingerprint density at radius 3 is 2.36 bits per heavy atom. The van der Waals surface area contributed by atoms with Gasteiger partial charge in [-0.2, -0.15) is 13.2 Å². The summed E-state index contributed by atoms with van der Waals surface area (Å²) in [5.41, 5.74) is 0.660. The van der Waals surface area contributed by atoms with E-state index in [1.165, 1.54) is 18.2 Å². The highest BCUT2D eigenvalue weighted by atomic mass is 35.5. The number of nitrogens with one attached hydrogen (secondary N) is 2. The van der Waals surface area contributed by atoms with Crippen LogP contribution in [0, 0.1) is 6.92 Å². The standard InChI is InChI=1S/C16H13Cl2F3N2OS/c1-8-11(17)6-12(14(24)13(8)18)23-15(25)22-7-9-2-4-10(5-3-9)16(19,20)21/h2-6,24H,7H2,1H3,(H2,22,23,25). The number of benzene rings is 2. The van der Waals surface area contributed by atoms with Gasteiger partial charge < -0.3 is 15.7 Å². The highest BCUT2D eigenvalue weighted by Gasteiger charge is 2.29. The Labute approximate surface area is 157 Å². The Bertz CT molecular complexity index is 795. The Hall–Kier alpha value is -1.70. The number of anilines is 1. The molecule has 3 N–H and O–H groups in total. The molecule has 0 saturated carbocycles. The largest absolute Gasteiger partial charge is 0.504 e. The molecule has 0 aliphatic carbocycles. The van der Waals surface area contributed by atoms with Gasteiger partial charge in [0.25, 0.3) is 0 Å². The number of alkyl halides is 3. The first kappa shape index (κ1) is 19.6. The van der Waals surface area contributed by atoms with Crippen LogP contribution < -0.4 is 10.6 Å². The molecule has 0 aromatic heterocycles. The van der Waals surface area contributed by atoms with Gasteiger partial charge >= 0.3 is 6.18 Å². The van der Waals surface area contributed by atoms with Crippen LogP contribution in [0.1, 0.15) is 16.7 Å². The van der Waals surface area contributed by atoms with Gasteiger partial charge in [0.2, 0.25) is 0 Å². The van der Waals surface area contributed by atoms with E-state index in [0.29, 0.717) is 16.1 Å². The summed E-state index contributed by atoms with van der Waals surface area (Å²) in [6.45, 7) is 1.87. The van der Waals surface area contributed by atoms with Crippen molar-refractivity contribution >= 4 is 46.2 Å². The minimum Gasteiger partial charge on any atom is -0.504 e. The first-order valence-corrected chi connectivity index (χ1v) is 8.14. The minimum atomic E-state index is -4.37. The predicted octanol–water partition coefficient (Wildman–Crippen LogP) is 5.51. The Balaban J connectivity index is 2.00. The molecular formula is C16H13Cl2F3N2OS. The Morgan fingerprint density at radius 1 is 1.20 bits per heavy atom. The third-order valence-electron chi connectivity index (χ3n) is 3.40. The third-order valence-corrected chi connectivity index (χ3v) is 4.51. The van der Waals surface area contributed by atoms with Crippen molar-refractivity contribution in [2.75, 3.05) is 5.32 Å². The molecule has 0 atom stereocenters. The third kappa shape index (κ3) is 4.90. The van der Waals surface area contributed by atoms with E-state index in [-0.39, 0.29) is 28.1 Å². The van der Waals surface area contributed by atoms with Gasteiger partial charge in [-0.3, -0.25) is 0 Å². The van der Waals surface area contributed by atoms with E-state index in [1.807, 2.05) is 0 Å². The van der Waals surface area contributed by atoms with Crippen molar-refractivity contribution in [3.8, 4) is 5.75 Å². The number of halogens is 5. The lowest BCUT2D eigenvalue weighted by atomic mass is 10.1. The highest BCUT2D eigenvalue weighted by molar-refractivity contribution is 7.80. The maximum atomic E-state index is 12.5. The quantitative estimate of drug-likeness (QED) is 0.462. The monoisotopic (exact) mass is 408 g/mol. The number of rotatable bonds is 3. The van der Waals surface area contributed by atoms with Crippen molar-refractivity contribution in [3.63, 3.8) is 0 Å². The molecule has 0 bridgehead atoms. The first-order chi connectivity index (χ1) is 11.6. The molecule has 0 radical (unpaired) electrons. The second-order valence-corrected chi connectivity index (χ2v) is 6.39. The van der Waals surface area contributed by atoms with E-state index in [2.05, 4.69) is 10.6 Å². The molecule has 0 unspecified atom stereocenters. The molecule has 0 heterocycles. The van der Waals surface area contributed by atoms with Crippen LogP contribution in [0.2, 0.25) is 10.0 Å². The van der Waals surface area contributed by atoms with Crippen LogP contribution in [0.15, 0.2) is 30.3 Å². The molecule has 0 spiro atoms. The second-order valence-electron chi connectivity index (χ2n) is 5.20. The average molecular weight is 409 g/mol. The smallest absolute Gasteiger partial charge is 0.416 e. The lowest BCUT2D eigenvalue weighted by Crippen LogP contribution is -2.28. The second kappa shape index (κ2) is 7.68. The van der Waals surface area contributed by atoms with Gasteiger partial charge in [-0.05, 0) is 48.5 Å². The number of aromatic hydroxyl groups is 1. The zero-order chi connectivity index (χ0) is 18.8. The van der Waals surface area contributed by atoms with Crippen molar-refractivity contribution in [3.05, 3.63) is 57.1 Å². The molecule has 0 aliphatic rings. The van der Waals surface area contributed by atoms with E-state index in [0.717, 1.165) is 12.1 Å². The van der Waals surface area contributed by atoms with Gasteiger partial charge in [0.05, 0.1) is 16.3 Å². The summed E-state index contributed by atoms with van der Waals surface area (Å²) in [5, 5.41) is 16.2. The van der Waals surface area contributed by atoms with E-state index in [1.54, 1.807) is 6.92 Å². The van der Waals surface area contributed by atoms with Crippen molar-refractivity contribution in [2.45, 2.75) is 19.6 Å². The summed E-state index contributed by atoms with van der Waals surface area (Å²) in [5.74, 6) is -0.192. The molecule has 2 rings (SSSR count). The summed E-state index contributed by atoms with van der Waals surface area (Å²) < 4.78 is 37.5. The van der Waals surface area contributed by atoms with E-state index < -0.39 is 11.7 Å². The molecule has 0 fully saturated rings. The average Bonchev–Trinajstić information content (AvgIpc) is 2.55. The van der Waals surface area contributed by atoms with E-state index in [9.17, 15) is 18.3 Å². The Morgan fingerprint density at radius 2 is 1.80 bits per heavy atom. The van der Waals surface area contributed by atoms with Crippen LogP contribution in [0.25, 0.3) is 0 Å². The fourth-order valence-electron chi connectivity index (χ4n) is 1.96. The van der Waals surface area contributed by atoms with Gasteiger partial charge in [-0.25, -0.2) is 0 Å². The van der Waals surface area contributed by atoms with Gasteiger partial charge in [0, 0.05) is 11.6 Å². The molecular weight excluding hydrogens is 396 g/mol. The maximum Gasteiger partial charge on any atom is 0.416 e. The van der Waals surface area contributed by atoms with E-state index in [4.69, 9.17) is 35.4 Å². The number of thiocarbonyl (C=S) groups is 1. The summed E-state index contributed by atoms with van der Waals surface area (Å²) >= 11 is 17.1. The van der Waals surface area contributed by atoms with Crippen LogP contribution in [0.4, 0.5) is 18.9 Å². The minimum absolute atomic E-state index is 0.112. The van der Waals surface area contributed by atoms with Crippen LogP contribution in [-0.4, -0.2) is 10.2 Å². The zero-order valence-electron chi connectivity index (χ0n) is 12.8. The number of hydrogen-bond donors (Lipinski definition) is 3. The van der Waals surface area contributed by atoms with Gasteiger partial charge in [-0.1, -0.05) is 35.3 Å². The summed E-state index contributed by atoms with van der Waals surface area (Å²) in [7, 11) is 0. The number of phenols is 1. The fourth-order valence-corrected chi connectivity index (χ4v) is 2.60. The van der Waals surface area contributed by atoms with Gasteiger partial charge in [0.1, 0.15) is 0 Å². The molecule has 9 heteroatoms. The lowest BCUT2D eigenvalue weighted by Gasteiger charge is -2.14. The molecule has 2 aromatic carbocycles. The highest BCUT2D eigenvalue weighted by Crippen LogP contribution is 2.38. The molecule has 0 aliphatic heterocycles.